The predicted octanol–water partition coefficient (Wildman–Crippen LogP) is 0.909. The highest BCUT2D eigenvalue weighted by atomic mass is 16.5. The SMILES string of the molecule is O=C(c1nc2ncccn2n1)N1CCCCC12CCOC2. The molecule has 110 valence electrons. The number of hydrogen-bond acceptors (Lipinski definition) is 5. The van der Waals surface area contributed by atoms with E-state index in [0.29, 0.717) is 12.4 Å². The molecule has 2 aromatic heterocycles. The van der Waals surface area contributed by atoms with E-state index in [2.05, 4.69) is 15.1 Å². The number of carbonyl (C=O) groups is 1. The van der Waals surface area contributed by atoms with Crippen LogP contribution in [0.2, 0.25) is 0 Å². The van der Waals surface area contributed by atoms with Gasteiger partial charge in [0.25, 0.3) is 11.7 Å². The van der Waals surface area contributed by atoms with Crippen LogP contribution in [0.5, 0.6) is 0 Å². The van der Waals surface area contributed by atoms with E-state index < -0.39 is 0 Å². The highest BCUT2D eigenvalue weighted by Crippen LogP contribution is 2.36. The number of amides is 1. The van der Waals surface area contributed by atoms with Crippen molar-refractivity contribution in [1.29, 1.82) is 0 Å². The van der Waals surface area contributed by atoms with Gasteiger partial charge in [-0.15, -0.1) is 5.10 Å². The summed E-state index contributed by atoms with van der Waals surface area (Å²) in [7, 11) is 0. The Morgan fingerprint density at radius 1 is 1.33 bits per heavy atom. The van der Waals surface area contributed by atoms with E-state index in [-0.39, 0.29) is 17.3 Å². The topological polar surface area (TPSA) is 72.6 Å². The number of rotatable bonds is 1. The average Bonchev–Trinajstić information content (AvgIpc) is 3.14. The standard InChI is InChI=1S/C14H17N5O2/c20-12(11-16-13-15-6-3-8-19(13)17-11)18-7-2-1-4-14(18)5-9-21-10-14/h3,6,8H,1-2,4-5,7,9-10H2. The first-order valence-electron chi connectivity index (χ1n) is 7.36. The van der Waals surface area contributed by atoms with Crippen LogP contribution in [0.1, 0.15) is 36.3 Å². The molecule has 2 aliphatic heterocycles. The number of piperidine rings is 1. The molecule has 1 atom stereocenters. The van der Waals surface area contributed by atoms with Gasteiger partial charge in [0.15, 0.2) is 0 Å². The summed E-state index contributed by atoms with van der Waals surface area (Å²) in [6.07, 6.45) is 7.48. The second-order valence-corrected chi connectivity index (χ2v) is 5.74. The number of aromatic nitrogens is 4. The molecule has 2 aromatic rings. The first-order chi connectivity index (χ1) is 10.3. The molecular formula is C14H17N5O2. The Balaban J connectivity index is 1.69. The van der Waals surface area contributed by atoms with Gasteiger partial charge >= 0.3 is 0 Å². The van der Waals surface area contributed by atoms with Crippen LogP contribution in [-0.4, -0.2) is 55.7 Å². The van der Waals surface area contributed by atoms with Crippen LogP contribution in [0.25, 0.3) is 5.78 Å². The molecule has 0 aromatic carbocycles. The molecule has 2 fully saturated rings. The van der Waals surface area contributed by atoms with Gasteiger partial charge in [-0.3, -0.25) is 4.79 Å². The maximum Gasteiger partial charge on any atom is 0.294 e. The Labute approximate surface area is 121 Å². The summed E-state index contributed by atoms with van der Waals surface area (Å²) >= 11 is 0. The van der Waals surface area contributed by atoms with Crippen molar-refractivity contribution < 1.29 is 9.53 Å². The summed E-state index contributed by atoms with van der Waals surface area (Å²) in [5.41, 5.74) is -0.153. The lowest BCUT2D eigenvalue weighted by Gasteiger charge is -2.43. The normalized spacial score (nSPS) is 25.8. The molecule has 0 aliphatic carbocycles. The van der Waals surface area contributed by atoms with Gasteiger partial charge in [-0.2, -0.15) is 4.98 Å². The number of nitrogens with zero attached hydrogens (tertiary/aromatic N) is 5. The van der Waals surface area contributed by atoms with E-state index in [9.17, 15) is 4.79 Å². The molecule has 2 saturated heterocycles. The molecule has 1 spiro atoms. The molecule has 0 radical (unpaired) electrons. The third-order valence-electron chi connectivity index (χ3n) is 4.48. The quantitative estimate of drug-likeness (QED) is 0.779. The average molecular weight is 287 g/mol. The molecule has 7 heteroatoms. The Bertz CT molecular complexity index is 644. The van der Waals surface area contributed by atoms with E-state index in [4.69, 9.17) is 4.74 Å². The molecule has 7 nitrogen and oxygen atoms in total. The van der Waals surface area contributed by atoms with Crippen molar-refractivity contribution in [2.24, 2.45) is 0 Å². The lowest BCUT2D eigenvalue weighted by molar-refractivity contribution is 0.0245. The highest BCUT2D eigenvalue weighted by molar-refractivity contribution is 5.91. The third kappa shape index (κ3) is 1.99. The number of likely N-dealkylation sites (tertiary alicyclic amines) is 1. The van der Waals surface area contributed by atoms with Gasteiger partial charge in [0, 0.05) is 25.5 Å². The molecule has 2 aliphatic rings. The fourth-order valence-corrected chi connectivity index (χ4v) is 3.36. The largest absolute Gasteiger partial charge is 0.379 e. The van der Waals surface area contributed by atoms with Crippen molar-refractivity contribution in [1.82, 2.24) is 24.5 Å². The van der Waals surface area contributed by atoms with Gasteiger partial charge in [-0.25, -0.2) is 9.50 Å². The van der Waals surface area contributed by atoms with Gasteiger partial charge in [0.05, 0.1) is 12.1 Å². The van der Waals surface area contributed by atoms with Gasteiger partial charge in [-0.05, 0) is 31.7 Å². The van der Waals surface area contributed by atoms with E-state index >= 15 is 0 Å². The van der Waals surface area contributed by atoms with Crippen LogP contribution in [0.3, 0.4) is 0 Å². The van der Waals surface area contributed by atoms with E-state index in [0.717, 1.165) is 38.8 Å². The lowest BCUT2D eigenvalue weighted by Crippen LogP contribution is -2.55. The van der Waals surface area contributed by atoms with Crippen LogP contribution in [-0.2, 0) is 4.74 Å². The maximum atomic E-state index is 12.8. The molecular weight excluding hydrogens is 270 g/mol. The van der Waals surface area contributed by atoms with Gasteiger partial charge in [0.1, 0.15) is 0 Å². The third-order valence-corrected chi connectivity index (χ3v) is 4.48. The fourth-order valence-electron chi connectivity index (χ4n) is 3.36. The second kappa shape index (κ2) is 4.77. The number of ether oxygens (including phenoxy) is 1. The zero-order valence-electron chi connectivity index (χ0n) is 11.7. The van der Waals surface area contributed by atoms with Crippen molar-refractivity contribution >= 4 is 11.7 Å². The van der Waals surface area contributed by atoms with Gasteiger partial charge in [-0.1, -0.05) is 0 Å². The van der Waals surface area contributed by atoms with Crippen molar-refractivity contribution in [3.8, 4) is 0 Å². The summed E-state index contributed by atoms with van der Waals surface area (Å²) < 4.78 is 7.10. The summed E-state index contributed by atoms with van der Waals surface area (Å²) in [5.74, 6) is 0.571. The summed E-state index contributed by atoms with van der Waals surface area (Å²) in [5, 5.41) is 4.25. The Hall–Kier alpha value is -2.02. The minimum Gasteiger partial charge on any atom is -0.379 e. The van der Waals surface area contributed by atoms with Crippen LogP contribution in [0.4, 0.5) is 0 Å². The maximum absolute atomic E-state index is 12.8. The minimum atomic E-state index is -0.153. The second-order valence-electron chi connectivity index (χ2n) is 5.74. The van der Waals surface area contributed by atoms with Gasteiger partial charge < -0.3 is 9.64 Å². The number of fused-ring (bicyclic) bond motifs is 1. The van der Waals surface area contributed by atoms with Crippen molar-refractivity contribution in [2.75, 3.05) is 19.8 Å². The first kappa shape index (κ1) is 12.7. The van der Waals surface area contributed by atoms with Crippen molar-refractivity contribution in [3.63, 3.8) is 0 Å². The molecule has 21 heavy (non-hydrogen) atoms. The monoisotopic (exact) mass is 287 g/mol. The lowest BCUT2D eigenvalue weighted by atomic mass is 9.86. The smallest absolute Gasteiger partial charge is 0.294 e. The summed E-state index contributed by atoms with van der Waals surface area (Å²) in [6.45, 7) is 2.11. The minimum absolute atomic E-state index is 0.106. The van der Waals surface area contributed by atoms with E-state index in [1.54, 1.807) is 18.5 Å². The highest BCUT2D eigenvalue weighted by Gasteiger charge is 2.45. The molecule has 1 unspecified atom stereocenters. The van der Waals surface area contributed by atoms with Crippen molar-refractivity contribution in [3.05, 3.63) is 24.3 Å². The molecule has 0 N–H and O–H groups in total. The van der Waals surface area contributed by atoms with Crippen molar-refractivity contribution in [2.45, 2.75) is 31.2 Å². The fraction of sp³-hybridized carbons (Fsp3) is 0.571. The van der Waals surface area contributed by atoms with Crippen LogP contribution < -0.4 is 0 Å². The Morgan fingerprint density at radius 3 is 3.10 bits per heavy atom. The van der Waals surface area contributed by atoms with Crippen LogP contribution >= 0.6 is 0 Å². The summed E-state index contributed by atoms with van der Waals surface area (Å²) in [6, 6.07) is 1.77. The van der Waals surface area contributed by atoms with Crippen LogP contribution in [0.15, 0.2) is 18.5 Å². The Morgan fingerprint density at radius 2 is 2.29 bits per heavy atom. The zero-order chi connectivity index (χ0) is 14.3. The summed E-state index contributed by atoms with van der Waals surface area (Å²) in [4.78, 5) is 23.1. The molecule has 4 rings (SSSR count). The predicted molar refractivity (Wildman–Crippen MR) is 73.8 cm³/mol. The van der Waals surface area contributed by atoms with E-state index in [1.165, 1.54) is 4.52 Å². The van der Waals surface area contributed by atoms with Gasteiger partial charge in [0.2, 0.25) is 5.82 Å². The first-order valence-corrected chi connectivity index (χ1v) is 7.36. The molecule has 0 bridgehead atoms. The molecule has 4 heterocycles. The molecule has 1 amide bonds. The number of hydrogen-bond donors (Lipinski definition) is 0. The van der Waals surface area contributed by atoms with Crippen LogP contribution in [0, 0.1) is 0 Å². The van der Waals surface area contributed by atoms with E-state index in [1.807, 2.05) is 4.90 Å². The Kier molecular flexibility index (Phi) is 2.88. The zero-order valence-corrected chi connectivity index (χ0v) is 11.7. The molecule has 0 saturated carbocycles. The number of carbonyl (C=O) groups excluding carboxylic acids is 1.